The molecule has 5 nitrogen and oxygen atoms in total. The second-order valence-corrected chi connectivity index (χ2v) is 8.19. The lowest BCUT2D eigenvalue weighted by atomic mass is 10.0. The van der Waals surface area contributed by atoms with Crippen LogP contribution in [0.3, 0.4) is 0 Å². The summed E-state index contributed by atoms with van der Waals surface area (Å²) in [6.07, 6.45) is 2.05. The standard InChI is InChI=1S/C27H29ClO5/c1-3-20-17-24(12-9-21(20)10-14-27(29)30)31-16-15-19(2)32-25-13-11-22(28)18-26(25)33-23-7-5-4-6-8-23/h4-9,11-13,17-19H,3,10,14-16H2,1-2H3,(H,29,30). The number of hydrogen-bond acceptors (Lipinski definition) is 4. The molecule has 0 saturated heterocycles. The molecule has 3 rings (SSSR count). The predicted octanol–water partition coefficient (Wildman–Crippen LogP) is 6.95. The maximum Gasteiger partial charge on any atom is 0.303 e. The zero-order valence-corrected chi connectivity index (χ0v) is 19.7. The molecule has 3 aromatic carbocycles. The van der Waals surface area contributed by atoms with Gasteiger partial charge in [0.25, 0.3) is 0 Å². The Hall–Kier alpha value is -3.18. The van der Waals surface area contributed by atoms with Crippen molar-refractivity contribution in [1.82, 2.24) is 0 Å². The number of hydrogen-bond donors (Lipinski definition) is 1. The summed E-state index contributed by atoms with van der Waals surface area (Å²) in [7, 11) is 0. The summed E-state index contributed by atoms with van der Waals surface area (Å²) in [5.41, 5.74) is 2.17. The summed E-state index contributed by atoms with van der Waals surface area (Å²) in [5, 5.41) is 9.49. The Morgan fingerprint density at radius 1 is 0.970 bits per heavy atom. The Balaban J connectivity index is 1.55. The smallest absolute Gasteiger partial charge is 0.303 e. The first kappa shape index (κ1) is 24.5. The van der Waals surface area contributed by atoms with Crippen molar-refractivity contribution in [3.63, 3.8) is 0 Å². The summed E-state index contributed by atoms with van der Waals surface area (Å²) in [6.45, 7) is 4.53. The number of ether oxygens (including phenoxy) is 3. The molecular formula is C27H29ClO5. The molecule has 1 atom stereocenters. The molecule has 0 fully saturated rings. The van der Waals surface area contributed by atoms with Gasteiger partial charge in [0, 0.05) is 23.9 Å². The van der Waals surface area contributed by atoms with Crippen molar-refractivity contribution in [2.24, 2.45) is 0 Å². The van der Waals surface area contributed by atoms with Crippen LogP contribution in [-0.2, 0) is 17.6 Å². The molecule has 0 spiro atoms. The molecule has 0 aromatic heterocycles. The van der Waals surface area contributed by atoms with Crippen LogP contribution in [0.25, 0.3) is 0 Å². The molecule has 0 bridgehead atoms. The molecule has 174 valence electrons. The van der Waals surface area contributed by atoms with E-state index in [1.165, 1.54) is 0 Å². The minimum absolute atomic E-state index is 0.107. The number of benzene rings is 3. The predicted molar refractivity (Wildman–Crippen MR) is 130 cm³/mol. The van der Waals surface area contributed by atoms with Crippen molar-refractivity contribution in [3.8, 4) is 23.0 Å². The van der Waals surface area contributed by atoms with Gasteiger partial charge in [-0.2, -0.15) is 0 Å². The van der Waals surface area contributed by atoms with Gasteiger partial charge in [-0.05, 0) is 67.3 Å². The molecule has 0 radical (unpaired) electrons. The van der Waals surface area contributed by atoms with Crippen LogP contribution < -0.4 is 14.2 Å². The molecule has 0 aliphatic carbocycles. The van der Waals surface area contributed by atoms with E-state index < -0.39 is 5.97 Å². The van der Waals surface area contributed by atoms with Crippen LogP contribution in [0.15, 0.2) is 66.7 Å². The molecule has 3 aromatic rings. The lowest BCUT2D eigenvalue weighted by molar-refractivity contribution is -0.136. The van der Waals surface area contributed by atoms with Crippen molar-refractivity contribution < 1.29 is 24.1 Å². The molecular weight excluding hydrogens is 440 g/mol. The lowest BCUT2D eigenvalue weighted by Crippen LogP contribution is -2.16. The van der Waals surface area contributed by atoms with E-state index in [4.69, 9.17) is 30.9 Å². The first-order valence-electron chi connectivity index (χ1n) is 11.1. The van der Waals surface area contributed by atoms with Gasteiger partial charge in [0.05, 0.1) is 12.7 Å². The van der Waals surface area contributed by atoms with Crippen LogP contribution >= 0.6 is 11.6 Å². The number of halogens is 1. The fourth-order valence-electron chi connectivity index (χ4n) is 3.40. The van der Waals surface area contributed by atoms with Gasteiger partial charge in [-0.15, -0.1) is 0 Å². The molecule has 0 amide bonds. The van der Waals surface area contributed by atoms with E-state index in [1.54, 1.807) is 18.2 Å². The molecule has 33 heavy (non-hydrogen) atoms. The Labute approximate surface area is 199 Å². The Bertz CT molecular complexity index is 1050. The van der Waals surface area contributed by atoms with Crippen molar-refractivity contribution >= 4 is 17.6 Å². The van der Waals surface area contributed by atoms with Crippen molar-refractivity contribution in [2.75, 3.05) is 6.61 Å². The first-order valence-corrected chi connectivity index (χ1v) is 11.5. The van der Waals surface area contributed by atoms with E-state index >= 15 is 0 Å². The van der Waals surface area contributed by atoms with Gasteiger partial charge in [-0.3, -0.25) is 4.79 Å². The number of carboxylic acid groups (broad SMARTS) is 1. The maximum absolute atomic E-state index is 10.9. The highest BCUT2D eigenvalue weighted by Gasteiger charge is 2.12. The number of carboxylic acids is 1. The summed E-state index contributed by atoms with van der Waals surface area (Å²) < 4.78 is 18.0. The van der Waals surface area contributed by atoms with Gasteiger partial charge < -0.3 is 19.3 Å². The zero-order chi connectivity index (χ0) is 23.6. The van der Waals surface area contributed by atoms with Gasteiger partial charge in [0.1, 0.15) is 11.5 Å². The van der Waals surface area contributed by atoms with Crippen LogP contribution in [0.5, 0.6) is 23.0 Å². The van der Waals surface area contributed by atoms with E-state index in [-0.39, 0.29) is 12.5 Å². The van der Waals surface area contributed by atoms with Crippen LogP contribution in [0.4, 0.5) is 0 Å². The minimum atomic E-state index is -0.788. The van der Waals surface area contributed by atoms with E-state index in [0.29, 0.717) is 41.7 Å². The third-order valence-electron chi connectivity index (χ3n) is 5.16. The molecule has 0 aliphatic rings. The fourth-order valence-corrected chi connectivity index (χ4v) is 3.56. The normalized spacial score (nSPS) is 11.6. The summed E-state index contributed by atoms with van der Waals surface area (Å²) in [5.74, 6) is 1.87. The highest BCUT2D eigenvalue weighted by molar-refractivity contribution is 6.30. The third-order valence-corrected chi connectivity index (χ3v) is 5.40. The maximum atomic E-state index is 10.9. The first-order chi connectivity index (χ1) is 15.9. The quantitative estimate of drug-likeness (QED) is 0.311. The molecule has 1 N–H and O–H groups in total. The zero-order valence-electron chi connectivity index (χ0n) is 18.9. The SMILES string of the molecule is CCc1cc(OCCC(C)Oc2ccc(Cl)cc2Oc2ccccc2)ccc1CCC(=O)O. The topological polar surface area (TPSA) is 65.0 Å². The monoisotopic (exact) mass is 468 g/mol. The summed E-state index contributed by atoms with van der Waals surface area (Å²) >= 11 is 6.16. The number of para-hydroxylation sites is 1. The van der Waals surface area contributed by atoms with Gasteiger partial charge in [-0.25, -0.2) is 0 Å². The molecule has 1 unspecified atom stereocenters. The van der Waals surface area contributed by atoms with E-state index in [9.17, 15) is 4.79 Å². The fraction of sp³-hybridized carbons (Fsp3) is 0.296. The van der Waals surface area contributed by atoms with Crippen molar-refractivity contribution in [3.05, 3.63) is 82.9 Å². The van der Waals surface area contributed by atoms with E-state index in [1.807, 2.05) is 55.5 Å². The number of aliphatic carboxylic acids is 1. The Morgan fingerprint density at radius 2 is 1.76 bits per heavy atom. The lowest BCUT2D eigenvalue weighted by Gasteiger charge is -2.18. The van der Waals surface area contributed by atoms with Gasteiger partial charge >= 0.3 is 5.97 Å². The largest absolute Gasteiger partial charge is 0.493 e. The summed E-state index contributed by atoms with van der Waals surface area (Å²) in [6, 6.07) is 20.7. The minimum Gasteiger partial charge on any atom is -0.493 e. The Kier molecular flexibility index (Phi) is 9.02. The number of rotatable bonds is 12. The molecule has 0 saturated carbocycles. The van der Waals surface area contributed by atoms with E-state index in [0.717, 1.165) is 23.3 Å². The second-order valence-electron chi connectivity index (χ2n) is 7.75. The summed E-state index contributed by atoms with van der Waals surface area (Å²) in [4.78, 5) is 10.9. The van der Waals surface area contributed by atoms with Crippen LogP contribution in [-0.4, -0.2) is 23.8 Å². The average molecular weight is 469 g/mol. The van der Waals surface area contributed by atoms with E-state index in [2.05, 4.69) is 6.92 Å². The number of carbonyl (C=O) groups is 1. The van der Waals surface area contributed by atoms with Crippen molar-refractivity contribution in [2.45, 2.75) is 45.6 Å². The van der Waals surface area contributed by atoms with Gasteiger partial charge in [0.2, 0.25) is 0 Å². The molecule has 0 heterocycles. The highest BCUT2D eigenvalue weighted by Crippen LogP contribution is 2.35. The molecule has 0 aliphatic heterocycles. The highest BCUT2D eigenvalue weighted by atomic mass is 35.5. The van der Waals surface area contributed by atoms with Crippen molar-refractivity contribution in [1.29, 1.82) is 0 Å². The van der Waals surface area contributed by atoms with Gasteiger partial charge in [-0.1, -0.05) is 42.8 Å². The third kappa shape index (κ3) is 7.72. The van der Waals surface area contributed by atoms with Gasteiger partial charge in [0.15, 0.2) is 11.5 Å². The Morgan fingerprint density at radius 3 is 2.48 bits per heavy atom. The van der Waals surface area contributed by atoms with Crippen LogP contribution in [0.2, 0.25) is 5.02 Å². The average Bonchev–Trinajstić information content (AvgIpc) is 2.80. The van der Waals surface area contributed by atoms with Crippen LogP contribution in [0, 0.1) is 0 Å². The second kappa shape index (κ2) is 12.2. The molecule has 6 heteroatoms. The number of aryl methyl sites for hydroxylation is 2. The van der Waals surface area contributed by atoms with Crippen LogP contribution in [0.1, 0.15) is 37.8 Å².